The van der Waals surface area contributed by atoms with Gasteiger partial charge in [0.05, 0.1) is 6.61 Å². The van der Waals surface area contributed by atoms with Gasteiger partial charge in [0.2, 0.25) is 0 Å². The van der Waals surface area contributed by atoms with Crippen LogP contribution in [-0.2, 0) is 0 Å². The summed E-state index contributed by atoms with van der Waals surface area (Å²) < 4.78 is 5.58. The molecule has 1 atom stereocenters. The van der Waals surface area contributed by atoms with Gasteiger partial charge in [0.1, 0.15) is 5.75 Å². The van der Waals surface area contributed by atoms with E-state index in [1.165, 1.54) is 11.1 Å². The summed E-state index contributed by atoms with van der Waals surface area (Å²) in [4.78, 5) is 0. The Kier molecular flexibility index (Phi) is 5.43. The van der Waals surface area contributed by atoms with Gasteiger partial charge in [-0.2, -0.15) is 0 Å². The van der Waals surface area contributed by atoms with Gasteiger partial charge in [0.15, 0.2) is 0 Å². The van der Waals surface area contributed by atoms with Crippen molar-refractivity contribution in [3.8, 4) is 5.75 Å². The van der Waals surface area contributed by atoms with Crippen LogP contribution in [0.5, 0.6) is 5.75 Å². The first-order chi connectivity index (χ1) is 9.79. The van der Waals surface area contributed by atoms with Crippen LogP contribution in [0.1, 0.15) is 37.3 Å². The Morgan fingerprint density at radius 1 is 1.00 bits per heavy atom. The molecule has 2 aromatic rings. The Labute approximate surface area is 121 Å². The Balaban J connectivity index is 1.97. The minimum Gasteiger partial charge on any atom is -0.494 e. The molecule has 0 aliphatic rings. The molecule has 0 bridgehead atoms. The zero-order chi connectivity index (χ0) is 14.2. The highest BCUT2D eigenvalue weighted by Gasteiger charge is 1.99. The average Bonchev–Trinajstić information content (AvgIpc) is 2.52. The molecule has 0 aromatic heterocycles. The van der Waals surface area contributed by atoms with Crippen LogP contribution in [0, 0.1) is 0 Å². The van der Waals surface area contributed by atoms with Crippen molar-refractivity contribution >= 4 is 6.08 Å². The highest BCUT2D eigenvalue weighted by molar-refractivity contribution is 5.52. The number of ether oxygens (including phenoxy) is 1. The van der Waals surface area contributed by atoms with Crippen molar-refractivity contribution in [2.24, 2.45) is 0 Å². The summed E-state index contributed by atoms with van der Waals surface area (Å²) in [6, 6.07) is 18.8. The first kappa shape index (κ1) is 14.4. The minimum atomic E-state index is 0.423. The molecule has 2 aromatic carbocycles. The van der Waals surface area contributed by atoms with Crippen LogP contribution in [0.15, 0.2) is 60.7 Å². The molecule has 104 valence electrons. The molecule has 2 rings (SSSR count). The lowest BCUT2D eigenvalue weighted by Crippen LogP contribution is -1.94. The van der Waals surface area contributed by atoms with Crippen LogP contribution < -0.4 is 4.74 Å². The van der Waals surface area contributed by atoms with Gasteiger partial charge in [-0.25, -0.2) is 0 Å². The second-order valence-corrected chi connectivity index (χ2v) is 4.98. The summed E-state index contributed by atoms with van der Waals surface area (Å²) in [6.45, 7) is 5.10. The summed E-state index contributed by atoms with van der Waals surface area (Å²) in [5.41, 5.74) is 2.54. The van der Waals surface area contributed by atoms with Crippen LogP contribution in [0.2, 0.25) is 0 Å². The highest BCUT2D eigenvalue weighted by Crippen LogP contribution is 2.19. The van der Waals surface area contributed by atoms with E-state index in [0.717, 1.165) is 18.8 Å². The molecule has 0 saturated carbocycles. The molecule has 1 heteroatoms. The van der Waals surface area contributed by atoms with Crippen molar-refractivity contribution < 1.29 is 4.74 Å². The Hall–Kier alpha value is -2.02. The van der Waals surface area contributed by atoms with E-state index in [1.54, 1.807) is 0 Å². The quantitative estimate of drug-likeness (QED) is 0.690. The van der Waals surface area contributed by atoms with E-state index in [-0.39, 0.29) is 0 Å². The summed E-state index contributed by atoms with van der Waals surface area (Å²) >= 11 is 0. The Bertz CT molecular complexity index is 525. The lowest BCUT2D eigenvalue weighted by molar-refractivity contribution is 0.317. The molecule has 0 spiro atoms. The summed E-state index contributed by atoms with van der Waals surface area (Å²) in [5, 5.41) is 0. The average molecular weight is 266 g/mol. The van der Waals surface area contributed by atoms with E-state index in [2.05, 4.69) is 68.5 Å². The molecule has 1 unspecified atom stereocenters. The van der Waals surface area contributed by atoms with E-state index in [4.69, 9.17) is 4.74 Å². The fraction of sp³-hybridized carbons (Fsp3) is 0.263. The van der Waals surface area contributed by atoms with Gasteiger partial charge in [-0.1, -0.05) is 68.5 Å². The van der Waals surface area contributed by atoms with Crippen molar-refractivity contribution in [2.45, 2.75) is 26.2 Å². The molecule has 0 amide bonds. The molecule has 20 heavy (non-hydrogen) atoms. The molecule has 0 aliphatic carbocycles. The lowest BCUT2D eigenvalue weighted by atomic mass is 10.00. The van der Waals surface area contributed by atoms with Crippen LogP contribution in [-0.4, -0.2) is 6.61 Å². The standard InChI is InChI=1S/C19H22O/c1-3-15-20-19-13-11-17(12-14-19)10-9-16(2)18-7-5-4-6-8-18/h4-14,16H,3,15H2,1-2H3. The van der Waals surface area contributed by atoms with Gasteiger partial charge < -0.3 is 4.74 Å². The fourth-order valence-corrected chi connectivity index (χ4v) is 2.02. The third kappa shape index (κ3) is 4.27. The van der Waals surface area contributed by atoms with Crippen LogP contribution in [0.25, 0.3) is 6.08 Å². The first-order valence-corrected chi connectivity index (χ1v) is 7.25. The van der Waals surface area contributed by atoms with Crippen LogP contribution in [0.4, 0.5) is 0 Å². The maximum Gasteiger partial charge on any atom is 0.119 e. The maximum absolute atomic E-state index is 5.58. The monoisotopic (exact) mass is 266 g/mol. The topological polar surface area (TPSA) is 9.23 Å². The van der Waals surface area contributed by atoms with Crippen molar-refractivity contribution in [1.82, 2.24) is 0 Å². The van der Waals surface area contributed by atoms with Gasteiger partial charge >= 0.3 is 0 Å². The molecule has 0 radical (unpaired) electrons. The number of rotatable bonds is 6. The normalized spacial score (nSPS) is 12.5. The Morgan fingerprint density at radius 3 is 2.35 bits per heavy atom. The highest BCUT2D eigenvalue weighted by atomic mass is 16.5. The second-order valence-electron chi connectivity index (χ2n) is 4.98. The summed E-state index contributed by atoms with van der Waals surface area (Å²) in [7, 11) is 0. The van der Waals surface area contributed by atoms with E-state index in [0.29, 0.717) is 5.92 Å². The SMILES string of the molecule is CCCOc1ccc(C=CC(C)c2ccccc2)cc1. The second kappa shape index (κ2) is 7.54. The van der Waals surface area contributed by atoms with Gasteiger partial charge in [0.25, 0.3) is 0 Å². The third-order valence-electron chi connectivity index (χ3n) is 3.26. The van der Waals surface area contributed by atoms with E-state index in [1.807, 2.05) is 12.1 Å². The predicted octanol–water partition coefficient (Wildman–Crippen LogP) is 5.29. The minimum absolute atomic E-state index is 0.423. The van der Waals surface area contributed by atoms with Gasteiger partial charge in [-0.3, -0.25) is 0 Å². The number of allylic oxidation sites excluding steroid dienone is 1. The molecule has 0 saturated heterocycles. The van der Waals surface area contributed by atoms with E-state index >= 15 is 0 Å². The van der Waals surface area contributed by atoms with Crippen LogP contribution >= 0.6 is 0 Å². The summed E-state index contributed by atoms with van der Waals surface area (Å²) in [5.74, 6) is 1.37. The molecule has 1 nitrogen and oxygen atoms in total. The number of benzene rings is 2. The number of hydrogen-bond acceptors (Lipinski definition) is 1. The Morgan fingerprint density at radius 2 is 1.70 bits per heavy atom. The smallest absolute Gasteiger partial charge is 0.119 e. The van der Waals surface area contributed by atoms with Gasteiger partial charge in [-0.15, -0.1) is 0 Å². The first-order valence-electron chi connectivity index (χ1n) is 7.25. The van der Waals surface area contributed by atoms with Crippen molar-refractivity contribution in [3.05, 3.63) is 71.8 Å². The molecule has 0 aliphatic heterocycles. The van der Waals surface area contributed by atoms with Crippen molar-refractivity contribution in [3.63, 3.8) is 0 Å². The summed E-state index contributed by atoms with van der Waals surface area (Å²) in [6.07, 6.45) is 5.44. The largest absolute Gasteiger partial charge is 0.494 e. The third-order valence-corrected chi connectivity index (χ3v) is 3.26. The zero-order valence-corrected chi connectivity index (χ0v) is 12.3. The van der Waals surface area contributed by atoms with Gasteiger partial charge in [-0.05, 0) is 35.6 Å². The molecule has 0 N–H and O–H groups in total. The number of hydrogen-bond donors (Lipinski definition) is 0. The van der Waals surface area contributed by atoms with Crippen molar-refractivity contribution in [2.75, 3.05) is 6.61 Å². The van der Waals surface area contributed by atoms with E-state index in [9.17, 15) is 0 Å². The molecule has 0 fully saturated rings. The van der Waals surface area contributed by atoms with E-state index < -0.39 is 0 Å². The van der Waals surface area contributed by atoms with Crippen LogP contribution in [0.3, 0.4) is 0 Å². The van der Waals surface area contributed by atoms with Crippen molar-refractivity contribution in [1.29, 1.82) is 0 Å². The fourth-order valence-electron chi connectivity index (χ4n) is 2.02. The lowest BCUT2D eigenvalue weighted by Gasteiger charge is -2.06. The van der Waals surface area contributed by atoms with Gasteiger partial charge in [0, 0.05) is 0 Å². The molecule has 0 heterocycles. The zero-order valence-electron chi connectivity index (χ0n) is 12.3. The predicted molar refractivity (Wildman–Crippen MR) is 86.1 cm³/mol. The molecular formula is C19H22O. The maximum atomic E-state index is 5.58. The molecular weight excluding hydrogens is 244 g/mol.